The van der Waals surface area contributed by atoms with Crippen molar-refractivity contribution in [1.29, 1.82) is 0 Å². The predicted octanol–water partition coefficient (Wildman–Crippen LogP) is 6.70. The molecule has 0 saturated carbocycles. The molecule has 0 radical (unpaired) electrons. The van der Waals surface area contributed by atoms with Gasteiger partial charge in [0, 0.05) is 22.8 Å². The van der Waals surface area contributed by atoms with Crippen LogP contribution in [-0.4, -0.2) is 15.8 Å². The molecule has 3 aromatic rings. The predicted molar refractivity (Wildman–Crippen MR) is 127 cm³/mol. The van der Waals surface area contributed by atoms with Gasteiger partial charge in [-0.25, -0.2) is 4.98 Å². The number of aryl methyl sites for hydroxylation is 2. The molecule has 4 rings (SSSR count). The summed E-state index contributed by atoms with van der Waals surface area (Å²) in [6.07, 6.45) is 1.18. The van der Waals surface area contributed by atoms with Gasteiger partial charge in [-0.2, -0.15) is 4.98 Å². The number of nitrogens with one attached hydrogen (secondary N) is 2. The van der Waals surface area contributed by atoms with E-state index in [1.54, 1.807) is 0 Å². The van der Waals surface area contributed by atoms with Gasteiger partial charge in [-0.1, -0.05) is 37.6 Å². The number of hydrogen-bond donors (Lipinski definition) is 2. The van der Waals surface area contributed by atoms with Crippen LogP contribution in [0.25, 0.3) is 0 Å². The van der Waals surface area contributed by atoms with Crippen molar-refractivity contribution in [3.05, 3.63) is 69.4 Å². The van der Waals surface area contributed by atoms with E-state index in [-0.39, 0.29) is 11.2 Å². The van der Waals surface area contributed by atoms with Crippen molar-refractivity contribution in [3.63, 3.8) is 0 Å². The van der Waals surface area contributed by atoms with Crippen LogP contribution in [0.2, 0.25) is 5.02 Å². The summed E-state index contributed by atoms with van der Waals surface area (Å²) in [4.78, 5) is 22.5. The van der Waals surface area contributed by atoms with Crippen molar-refractivity contribution in [2.75, 3.05) is 10.6 Å². The second-order valence-electron chi connectivity index (χ2n) is 9.12. The lowest BCUT2D eigenvalue weighted by atomic mass is 9.75. The van der Waals surface area contributed by atoms with Gasteiger partial charge in [0.25, 0.3) is 0 Å². The number of carbonyl (C=O) groups excluding carboxylic acids is 1. The number of ketones is 1. The highest BCUT2D eigenvalue weighted by Gasteiger charge is 2.35. The van der Waals surface area contributed by atoms with Gasteiger partial charge in [0.1, 0.15) is 5.82 Å². The molecule has 0 aliphatic heterocycles. The van der Waals surface area contributed by atoms with E-state index in [4.69, 9.17) is 21.6 Å². The molecule has 1 heterocycles. The fraction of sp³-hybridized carbons (Fsp3) is 0.320. The number of fused-ring (bicyclic) bond motifs is 1. The molecule has 1 aromatic heterocycles. The summed E-state index contributed by atoms with van der Waals surface area (Å²) in [5, 5.41) is 7.33. The van der Waals surface area contributed by atoms with Gasteiger partial charge in [0.2, 0.25) is 5.95 Å². The lowest BCUT2D eigenvalue weighted by molar-refractivity contribution is 0.0911. The standard InChI is InChI=1S/C25H27ClN4O/c1-14-9-10-17(11-15(14)2)27-24-29-20-12-25(4,5)13-21(31)22(20)23(30-24)28-19-8-6-7-18(26)16(19)3/h6-11H,12-13H2,1-5H3,(H2,27,28,29,30). The summed E-state index contributed by atoms with van der Waals surface area (Å²) in [7, 11) is 0. The SMILES string of the molecule is Cc1ccc(Nc2nc3c(c(Nc4cccc(Cl)c4C)n2)C(=O)CC(C)(C)C3)cc1C. The smallest absolute Gasteiger partial charge is 0.229 e. The van der Waals surface area contributed by atoms with E-state index in [0.29, 0.717) is 35.2 Å². The Labute approximate surface area is 188 Å². The van der Waals surface area contributed by atoms with E-state index >= 15 is 0 Å². The third kappa shape index (κ3) is 4.42. The van der Waals surface area contributed by atoms with Crippen LogP contribution >= 0.6 is 11.6 Å². The first-order valence-electron chi connectivity index (χ1n) is 10.4. The maximum atomic E-state index is 13.0. The van der Waals surface area contributed by atoms with Crippen LogP contribution in [0.4, 0.5) is 23.1 Å². The van der Waals surface area contributed by atoms with Gasteiger partial charge in [-0.05, 0) is 73.6 Å². The van der Waals surface area contributed by atoms with Crippen LogP contribution in [-0.2, 0) is 6.42 Å². The number of carbonyl (C=O) groups is 1. The first kappa shape index (κ1) is 21.3. The molecule has 2 N–H and O–H groups in total. The minimum absolute atomic E-state index is 0.0613. The van der Waals surface area contributed by atoms with Crippen LogP contribution in [0.1, 0.15) is 53.0 Å². The molecule has 0 fully saturated rings. The fourth-order valence-electron chi connectivity index (χ4n) is 3.93. The van der Waals surface area contributed by atoms with Crippen LogP contribution in [0, 0.1) is 26.2 Å². The molecule has 31 heavy (non-hydrogen) atoms. The van der Waals surface area contributed by atoms with Gasteiger partial charge < -0.3 is 10.6 Å². The lowest BCUT2D eigenvalue weighted by Gasteiger charge is -2.30. The number of halogens is 1. The Morgan fingerprint density at radius 2 is 1.74 bits per heavy atom. The van der Waals surface area contributed by atoms with E-state index in [2.05, 4.69) is 50.5 Å². The number of anilines is 4. The van der Waals surface area contributed by atoms with Gasteiger partial charge in [-0.3, -0.25) is 4.79 Å². The number of hydrogen-bond acceptors (Lipinski definition) is 5. The Morgan fingerprint density at radius 3 is 2.48 bits per heavy atom. The number of Topliss-reactive ketones (excluding diaryl/α,β-unsaturated/α-hetero) is 1. The van der Waals surface area contributed by atoms with Crippen molar-refractivity contribution in [2.24, 2.45) is 5.41 Å². The lowest BCUT2D eigenvalue weighted by Crippen LogP contribution is -2.29. The molecule has 160 valence electrons. The molecule has 0 bridgehead atoms. The van der Waals surface area contributed by atoms with E-state index in [1.165, 1.54) is 11.1 Å². The summed E-state index contributed by atoms with van der Waals surface area (Å²) in [6, 6.07) is 11.8. The number of nitrogens with zero attached hydrogens (tertiary/aromatic N) is 2. The van der Waals surface area contributed by atoms with E-state index in [0.717, 1.165) is 22.6 Å². The highest BCUT2D eigenvalue weighted by atomic mass is 35.5. The zero-order valence-electron chi connectivity index (χ0n) is 18.6. The first-order chi connectivity index (χ1) is 14.6. The number of rotatable bonds is 4. The fourth-order valence-corrected chi connectivity index (χ4v) is 4.11. The second kappa shape index (κ2) is 7.97. The van der Waals surface area contributed by atoms with Crippen molar-refractivity contribution in [1.82, 2.24) is 9.97 Å². The summed E-state index contributed by atoms with van der Waals surface area (Å²) >= 11 is 6.30. The Morgan fingerprint density at radius 1 is 0.968 bits per heavy atom. The minimum Gasteiger partial charge on any atom is -0.339 e. The zero-order valence-corrected chi connectivity index (χ0v) is 19.3. The highest BCUT2D eigenvalue weighted by molar-refractivity contribution is 6.31. The van der Waals surface area contributed by atoms with Crippen LogP contribution < -0.4 is 10.6 Å². The average Bonchev–Trinajstić information content (AvgIpc) is 2.67. The summed E-state index contributed by atoms with van der Waals surface area (Å²) in [5.74, 6) is 1.04. The molecule has 5 nitrogen and oxygen atoms in total. The summed E-state index contributed by atoms with van der Waals surface area (Å²) in [6.45, 7) is 10.3. The molecule has 1 aliphatic carbocycles. The number of aromatic nitrogens is 2. The molecule has 0 amide bonds. The first-order valence-corrected chi connectivity index (χ1v) is 10.8. The van der Waals surface area contributed by atoms with Gasteiger partial charge in [0.05, 0.1) is 11.3 Å². The van der Waals surface area contributed by atoms with Crippen LogP contribution in [0.3, 0.4) is 0 Å². The molecule has 0 unspecified atom stereocenters. The van der Waals surface area contributed by atoms with Gasteiger partial charge in [-0.15, -0.1) is 0 Å². The van der Waals surface area contributed by atoms with Crippen molar-refractivity contribution < 1.29 is 4.79 Å². The average molecular weight is 435 g/mol. The maximum Gasteiger partial charge on any atom is 0.229 e. The summed E-state index contributed by atoms with van der Waals surface area (Å²) in [5.41, 5.74) is 6.25. The van der Waals surface area contributed by atoms with Crippen LogP contribution in [0.15, 0.2) is 36.4 Å². The molecule has 1 aliphatic rings. The Bertz CT molecular complexity index is 1190. The topological polar surface area (TPSA) is 66.9 Å². The van der Waals surface area contributed by atoms with E-state index in [9.17, 15) is 4.79 Å². The van der Waals surface area contributed by atoms with Crippen LogP contribution in [0.5, 0.6) is 0 Å². The van der Waals surface area contributed by atoms with Gasteiger partial charge >= 0.3 is 0 Å². The molecule has 0 spiro atoms. The van der Waals surface area contributed by atoms with Gasteiger partial charge in [0.15, 0.2) is 5.78 Å². The quantitative estimate of drug-likeness (QED) is 0.478. The third-order valence-corrected chi connectivity index (χ3v) is 6.24. The summed E-state index contributed by atoms with van der Waals surface area (Å²) < 4.78 is 0. The Kier molecular flexibility index (Phi) is 5.48. The third-order valence-electron chi connectivity index (χ3n) is 5.83. The highest BCUT2D eigenvalue weighted by Crippen LogP contribution is 2.38. The normalized spacial score (nSPS) is 14.8. The number of benzene rings is 2. The monoisotopic (exact) mass is 434 g/mol. The van der Waals surface area contributed by atoms with E-state index < -0.39 is 0 Å². The molecule has 6 heteroatoms. The van der Waals surface area contributed by atoms with Crippen molar-refractivity contribution in [3.8, 4) is 0 Å². The van der Waals surface area contributed by atoms with Crippen molar-refractivity contribution in [2.45, 2.75) is 47.5 Å². The molecular weight excluding hydrogens is 408 g/mol. The zero-order chi connectivity index (χ0) is 22.3. The largest absolute Gasteiger partial charge is 0.339 e. The molecular formula is C25H27ClN4O. The van der Waals surface area contributed by atoms with E-state index in [1.807, 2.05) is 31.2 Å². The molecule has 0 atom stereocenters. The minimum atomic E-state index is -0.139. The Balaban J connectivity index is 1.80. The maximum absolute atomic E-state index is 13.0. The molecule has 2 aromatic carbocycles. The van der Waals surface area contributed by atoms with Crippen molar-refractivity contribution >= 4 is 40.5 Å². The second-order valence-corrected chi connectivity index (χ2v) is 9.53. The molecule has 0 saturated heterocycles. The Hall–Kier alpha value is -2.92.